The molecule has 3 N–H and O–H groups in total. The summed E-state index contributed by atoms with van der Waals surface area (Å²) in [4.78, 5) is 44.0. The lowest BCUT2D eigenvalue weighted by Gasteiger charge is -2.29. The lowest BCUT2D eigenvalue weighted by Crippen LogP contribution is -2.42. The highest BCUT2D eigenvalue weighted by Gasteiger charge is 2.29. The number of aromatic nitrogens is 2. The number of carbonyl (C=O) groups is 3. The average Bonchev–Trinajstić information content (AvgIpc) is 3.35. The van der Waals surface area contributed by atoms with E-state index in [1.807, 2.05) is 34.9 Å². The first-order valence-electron chi connectivity index (χ1n) is 13.1. The number of hydroxylamine groups is 1. The highest BCUT2D eigenvalue weighted by Crippen LogP contribution is 2.30. The number of aromatic carboxylic acids is 1. The van der Waals surface area contributed by atoms with Crippen LogP contribution in [-0.2, 0) is 17.8 Å². The highest BCUT2D eigenvalue weighted by molar-refractivity contribution is 9.10. The van der Waals surface area contributed by atoms with E-state index in [1.54, 1.807) is 48.9 Å². The van der Waals surface area contributed by atoms with Crippen LogP contribution in [0.2, 0.25) is 0 Å². The molecule has 0 aliphatic carbocycles. The van der Waals surface area contributed by atoms with Crippen molar-refractivity contribution in [3.63, 3.8) is 0 Å². The van der Waals surface area contributed by atoms with Crippen molar-refractivity contribution in [1.29, 1.82) is 0 Å². The van der Waals surface area contributed by atoms with Crippen LogP contribution in [0.4, 0.5) is 5.69 Å². The second-order valence-corrected chi connectivity index (χ2v) is 10.5. The van der Waals surface area contributed by atoms with E-state index in [0.29, 0.717) is 28.5 Å². The van der Waals surface area contributed by atoms with Gasteiger partial charge in [-0.05, 0) is 63.8 Å². The predicted molar refractivity (Wildman–Crippen MR) is 156 cm³/mol. The molecule has 208 valence electrons. The van der Waals surface area contributed by atoms with Gasteiger partial charge in [0.1, 0.15) is 11.5 Å². The number of rotatable bonds is 11. The van der Waals surface area contributed by atoms with Crippen LogP contribution in [0.5, 0.6) is 0 Å². The molecule has 0 radical (unpaired) electrons. The zero-order chi connectivity index (χ0) is 28.8. The van der Waals surface area contributed by atoms with E-state index in [2.05, 4.69) is 22.9 Å². The number of hydrogen-bond acceptors (Lipinski definition) is 5. The molecule has 0 aliphatic heterocycles. The average molecular weight is 608 g/mol. The molecule has 1 atom stereocenters. The Bertz CT molecular complexity index is 1550. The fourth-order valence-electron chi connectivity index (χ4n) is 4.82. The summed E-state index contributed by atoms with van der Waals surface area (Å²) in [6.07, 6.45) is 4.09. The summed E-state index contributed by atoms with van der Waals surface area (Å²) in [5.41, 5.74) is 3.58. The lowest BCUT2D eigenvalue weighted by atomic mass is 9.99. The summed E-state index contributed by atoms with van der Waals surface area (Å²) in [6.45, 7) is 4.22. The molecule has 40 heavy (non-hydrogen) atoms. The zero-order valence-corrected chi connectivity index (χ0v) is 23.9. The van der Waals surface area contributed by atoms with Gasteiger partial charge in [-0.2, -0.15) is 0 Å². The second kappa shape index (κ2) is 12.9. The van der Waals surface area contributed by atoms with Crippen LogP contribution in [0.15, 0.2) is 71.3 Å². The number of unbranched alkanes of at least 4 members (excludes halogenated alkanes) is 1. The predicted octanol–water partition coefficient (Wildman–Crippen LogP) is 5.82. The minimum absolute atomic E-state index is 0.116. The van der Waals surface area contributed by atoms with Gasteiger partial charge < -0.3 is 14.6 Å². The molecule has 4 aromatic rings. The third-order valence-corrected chi connectivity index (χ3v) is 7.47. The first-order chi connectivity index (χ1) is 19.2. The first kappa shape index (κ1) is 29.0. The van der Waals surface area contributed by atoms with E-state index in [-0.39, 0.29) is 23.6 Å². The molecule has 0 spiro atoms. The molecular formula is C30H31BrN4O5. The van der Waals surface area contributed by atoms with E-state index in [9.17, 15) is 19.5 Å². The van der Waals surface area contributed by atoms with Crippen LogP contribution in [0.25, 0.3) is 10.8 Å². The van der Waals surface area contributed by atoms with Crippen LogP contribution in [0, 0.1) is 0 Å². The van der Waals surface area contributed by atoms with Crippen LogP contribution in [0.3, 0.4) is 0 Å². The third kappa shape index (κ3) is 6.24. The molecule has 9 nitrogen and oxygen atoms in total. The Morgan fingerprint density at radius 3 is 2.42 bits per heavy atom. The van der Waals surface area contributed by atoms with Gasteiger partial charge in [-0.1, -0.05) is 55.8 Å². The Morgan fingerprint density at radius 2 is 1.75 bits per heavy atom. The van der Waals surface area contributed by atoms with Crippen molar-refractivity contribution >= 4 is 50.2 Å². The molecule has 2 amide bonds. The number of carbonyl (C=O) groups excluding carboxylic acids is 2. The molecule has 1 unspecified atom stereocenters. The lowest BCUT2D eigenvalue weighted by molar-refractivity contribution is -0.129. The minimum atomic E-state index is -0.988. The zero-order valence-electron chi connectivity index (χ0n) is 22.3. The molecule has 0 aliphatic rings. The quantitative estimate of drug-likeness (QED) is 0.146. The number of benzene rings is 3. The molecule has 4 rings (SSSR count). The Morgan fingerprint density at radius 1 is 1.05 bits per heavy atom. The van der Waals surface area contributed by atoms with E-state index in [0.717, 1.165) is 29.6 Å². The minimum Gasteiger partial charge on any atom is -0.478 e. The number of aryl methyl sites for hydroxylation is 1. The summed E-state index contributed by atoms with van der Waals surface area (Å²) < 4.78 is 2.62. The normalized spacial score (nSPS) is 11.8. The van der Waals surface area contributed by atoms with Crippen molar-refractivity contribution in [2.45, 2.75) is 52.1 Å². The SMILES string of the molecule is CCCCc1nc(C(=O)N(c2ccccc2Br)C(C)CC(=O)NO)cn1Cc1ccc(C(=O)O)c2ccccc12. The largest absolute Gasteiger partial charge is 0.478 e. The second-order valence-electron chi connectivity index (χ2n) is 9.61. The fourth-order valence-corrected chi connectivity index (χ4v) is 5.30. The topological polar surface area (TPSA) is 125 Å². The Balaban J connectivity index is 1.76. The summed E-state index contributed by atoms with van der Waals surface area (Å²) in [7, 11) is 0. The van der Waals surface area contributed by atoms with Crippen molar-refractivity contribution in [1.82, 2.24) is 15.0 Å². The molecule has 1 aromatic heterocycles. The molecule has 3 aromatic carbocycles. The maximum Gasteiger partial charge on any atom is 0.336 e. The van der Waals surface area contributed by atoms with Crippen LogP contribution in [-0.4, -0.2) is 43.7 Å². The van der Waals surface area contributed by atoms with Crippen LogP contribution < -0.4 is 10.4 Å². The maximum atomic E-state index is 14.0. The number of fused-ring (bicyclic) bond motifs is 1. The Kier molecular flexibility index (Phi) is 9.34. The number of nitrogens with one attached hydrogen (secondary N) is 1. The monoisotopic (exact) mass is 606 g/mol. The van der Waals surface area contributed by atoms with Gasteiger partial charge in [-0.15, -0.1) is 0 Å². The maximum absolute atomic E-state index is 14.0. The number of hydrogen-bond donors (Lipinski definition) is 3. The molecule has 10 heteroatoms. The summed E-state index contributed by atoms with van der Waals surface area (Å²) >= 11 is 3.52. The van der Waals surface area contributed by atoms with Gasteiger partial charge in [0.2, 0.25) is 5.91 Å². The number of para-hydroxylation sites is 1. The standard InChI is InChI=1S/C30H31BrN4O5/c1-3-4-13-27-32-25(29(37)35(19(2)16-28(36)33-40)26-12-8-7-11-24(26)31)18-34(27)17-20-14-15-23(30(38)39)22-10-6-5-9-21(20)22/h5-12,14-15,18-19,40H,3-4,13,16-17H2,1-2H3,(H,33,36)(H,38,39). The molecule has 0 saturated heterocycles. The first-order valence-corrected chi connectivity index (χ1v) is 13.8. The summed E-state index contributed by atoms with van der Waals surface area (Å²) in [5.74, 6) is -1.24. The van der Waals surface area contributed by atoms with E-state index in [1.165, 1.54) is 4.90 Å². The van der Waals surface area contributed by atoms with Crippen molar-refractivity contribution in [3.8, 4) is 0 Å². The van der Waals surface area contributed by atoms with Crippen LogP contribution in [0.1, 0.15) is 65.3 Å². The number of carboxylic acid groups (broad SMARTS) is 1. The van der Waals surface area contributed by atoms with E-state index in [4.69, 9.17) is 10.2 Å². The number of imidazole rings is 1. The van der Waals surface area contributed by atoms with E-state index >= 15 is 0 Å². The molecule has 1 heterocycles. The number of amides is 2. The van der Waals surface area contributed by atoms with Gasteiger partial charge >= 0.3 is 5.97 Å². The summed E-state index contributed by atoms with van der Waals surface area (Å²) in [6, 6.07) is 17.4. The van der Waals surface area contributed by atoms with Crippen molar-refractivity contribution < 1.29 is 24.7 Å². The Labute approximate surface area is 240 Å². The molecule has 0 bridgehead atoms. The van der Waals surface area contributed by atoms with Crippen molar-refractivity contribution in [2.75, 3.05) is 4.90 Å². The summed E-state index contributed by atoms with van der Waals surface area (Å²) in [5, 5.41) is 20.2. The van der Waals surface area contributed by atoms with Gasteiger partial charge in [-0.3, -0.25) is 14.8 Å². The van der Waals surface area contributed by atoms with Crippen molar-refractivity contribution in [3.05, 3.63) is 94.0 Å². The molecule has 0 saturated carbocycles. The number of carboxylic acids is 1. The van der Waals surface area contributed by atoms with Gasteiger partial charge in [-0.25, -0.2) is 15.3 Å². The van der Waals surface area contributed by atoms with Gasteiger partial charge in [0.15, 0.2) is 0 Å². The highest BCUT2D eigenvalue weighted by atomic mass is 79.9. The third-order valence-electron chi connectivity index (χ3n) is 6.79. The smallest absolute Gasteiger partial charge is 0.336 e. The van der Waals surface area contributed by atoms with Gasteiger partial charge in [0, 0.05) is 36.1 Å². The molecule has 0 fully saturated rings. The van der Waals surface area contributed by atoms with Gasteiger partial charge in [0.25, 0.3) is 5.91 Å². The Hall–Kier alpha value is -4.02. The number of nitrogens with zero attached hydrogens (tertiary/aromatic N) is 3. The van der Waals surface area contributed by atoms with Crippen molar-refractivity contribution in [2.24, 2.45) is 0 Å². The van der Waals surface area contributed by atoms with Gasteiger partial charge in [0.05, 0.1) is 11.3 Å². The number of halogens is 1. The van der Waals surface area contributed by atoms with E-state index < -0.39 is 17.9 Å². The fraction of sp³-hybridized carbons (Fsp3) is 0.267. The van der Waals surface area contributed by atoms with Crippen LogP contribution >= 0.6 is 15.9 Å². The molecular weight excluding hydrogens is 576 g/mol. The number of anilines is 1.